The normalized spacial score (nSPS) is 16.6. The second-order valence-corrected chi connectivity index (χ2v) is 7.25. The summed E-state index contributed by atoms with van der Waals surface area (Å²) < 4.78 is 0. The third-order valence-corrected chi connectivity index (χ3v) is 5.31. The van der Waals surface area contributed by atoms with Crippen molar-refractivity contribution in [2.24, 2.45) is 10.2 Å². The molecule has 0 bridgehead atoms. The maximum absolute atomic E-state index is 11.3. The summed E-state index contributed by atoms with van der Waals surface area (Å²) in [5.74, 6) is 0.372. The SMILES string of the molecule is ON1C(c2ccc(Cl)cc2)=NN=C(c2ccccc2)C1c1c[nH]c2ccccc12. The first-order valence-corrected chi connectivity index (χ1v) is 9.61. The van der Waals surface area contributed by atoms with Crippen LogP contribution >= 0.6 is 11.6 Å². The molecular weight excluding hydrogens is 384 g/mol. The lowest BCUT2D eigenvalue weighted by Crippen LogP contribution is -2.39. The summed E-state index contributed by atoms with van der Waals surface area (Å²) in [6.45, 7) is 0. The largest absolute Gasteiger partial charge is 0.361 e. The van der Waals surface area contributed by atoms with Crippen molar-refractivity contribution in [1.82, 2.24) is 10.0 Å². The maximum Gasteiger partial charge on any atom is 0.182 e. The number of nitrogens with one attached hydrogen (secondary N) is 1. The molecule has 5 nitrogen and oxygen atoms in total. The Labute approximate surface area is 172 Å². The van der Waals surface area contributed by atoms with Crippen LogP contribution in [0.1, 0.15) is 22.7 Å². The van der Waals surface area contributed by atoms with Gasteiger partial charge in [-0.15, -0.1) is 5.10 Å². The number of halogens is 1. The fourth-order valence-corrected chi connectivity index (χ4v) is 3.78. The Morgan fingerprint density at radius 2 is 1.55 bits per heavy atom. The van der Waals surface area contributed by atoms with Gasteiger partial charge < -0.3 is 4.98 Å². The van der Waals surface area contributed by atoms with Crippen LogP contribution in [0.2, 0.25) is 5.02 Å². The van der Waals surface area contributed by atoms with E-state index >= 15 is 0 Å². The third kappa shape index (κ3) is 3.10. The highest BCUT2D eigenvalue weighted by molar-refractivity contribution is 6.30. The first-order valence-electron chi connectivity index (χ1n) is 9.23. The molecule has 4 aromatic rings. The van der Waals surface area contributed by atoms with Gasteiger partial charge in [-0.1, -0.05) is 60.1 Å². The zero-order valence-electron chi connectivity index (χ0n) is 15.3. The van der Waals surface area contributed by atoms with Gasteiger partial charge >= 0.3 is 0 Å². The molecule has 2 N–H and O–H groups in total. The first kappa shape index (κ1) is 17.7. The lowest BCUT2D eigenvalue weighted by Gasteiger charge is -2.31. The molecule has 0 radical (unpaired) electrons. The number of hydrogen-bond acceptors (Lipinski definition) is 4. The third-order valence-electron chi connectivity index (χ3n) is 5.06. The molecule has 0 aliphatic carbocycles. The zero-order chi connectivity index (χ0) is 19.8. The molecule has 0 amide bonds. The molecule has 3 aromatic carbocycles. The van der Waals surface area contributed by atoms with Crippen LogP contribution < -0.4 is 0 Å². The first-order chi connectivity index (χ1) is 14.2. The van der Waals surface area contributed by atoms with Crippen molar-refractivity contribution >= 4 is 34.1 Å². The summed E-state index contributed by atoms with van der Waals surface area (Å²) in [6.07, 6.45) is 1.92. The van der Waals surface area contributed by atoms with Gasteiger partial charge in [0.1, 0.15) is 11.8 Å². The van der Waals surface area contributed by atoms with Crippen molar-refractivity contribution in [2.45, 2.75) is 6.04 Å². The second-order valence-electron chi connectivity index (χ2n) is 6.82. The van der Waals surface area contributed by atoms with Gasteiger partial charge in [0.05, 0.1) is 0 Å². The Hall–Kier alpha value is -3.41. The molecule has 1 unspecified atom stereocenters. The molecule has 0 fully saturated rings. The molecule has 1 aliphatic rings. The van der Waals surface area contributed by atoms with Crippen LogP contribution in [0, 0.1) is 0 Å². The van der Waals surface area contributed by atoms with Gasteiger partial charge in [0.15, 0.2) is 5.84 Å². The fourth-order valence-electron chi connectivity index (χ4n) is 3.65. The summed E-state index contributed by atoms with van der Waals surface area (Å²) >= 11 is 6.02. The number of aromatic amines is 1. The highest BCUT2D eigenvalue weighted by atomic mass is 35.5. The Bertz CT molecular complexity index is 1230. The predicted molar refractivity (Wildman–Crippen MR) is 116 cm³/mol. The number of hydrogen-bond donors (Lipinski definition) is 2. The summed E-state index contributed by atoms with van der Waals surface area (Å²) in [4.78, 5) is 3.29. The predicted octanol–water partition coefficient (Wildman–Crippen LogP) is 5.42. The zero-order valence-corrected chi connectivity index (χ0v) is 16.1. The average Bonchev–Trinajstić information content (AvgIpc) is 3.19. The minimum absolute atomic E-state index is 0.372. The molecule has 0 saturated heterocycles. The van der Waals surface area contributed by atoms with E-state index in [0.717, 1.165) is 27.6 Å². The molecule has 1 aromatic heterocycles. The molecule has 6 heteroatoms. The van der Waals surface area contributed by atoms with Gasteiger partial charge in [-0.05, 0) is 30.3 Å². The van der Waals surface area contributed by atoms with E-state index in [-0.39, 0.29) is 0 Å². The highest BCUT2D eigenvalue weighted by Crippen LogP contribution is 2.34. The van der Waals surface area contributed by atoms with Crippen molar-refractivity contribution < 1.29 is 5.21 Å². The van der Waals surface area contributed by atoms with Crippen LogP contribution in [-0.2, 0) is 0 Å². The van der Waals surface area contributed by atoms with Crippen molar-refractivity contribution in [2.75, 3.05) is 0 Å². The molecule has 2 heterocycles. The summed E-state index contributed by atoms with van der Waals surface area (Å²) in [5.41, 5.74) is 4.24. The van der Waals surface area contributed by atoms with E-state index in [1.54, 1.807) is 12.1 Å². The van der Waals surface area contributed by atoms with Gasteiger partial charge in [-0.3, -0.25) is 5.21 Å². The Morgan fingerprint density at radius 1 is 0.828 bits per heavy atom. The number of para-hydroxylation sites is 1. The van der Waals surface area contributed by atoms with E-state index in [1.165, 1.54) is 5.06 Å². The van der Waals surface area contributed by atoms with Crippen LogP contribution in [0.15, 0.2) is 95.3 Å². The van der Waals surface area contributed by atoms with E-state index < -0.39 is 6.04 Å². The van der Waals surface area contributed by atoms with E-state index in [9.17, 15) is 5.21 Å². The van der Waals surface area contributed by atoms with Crippen LogP contribution in [0.3, 0.4) is 0 Å². The van der Waals surface area contributed by atoms with Gasteiger partial charge in [0, 0.05) is 38.8 Å². The lowest BCUT2D eigenvalue weighted by molar-refractivity contribution is -0.0343. The highest BCUT2D eigenvalue weighted by Gasteiger charge is 2.34. The number of amidine groups is 1. The van der Waals surface area contributed by atoms with E-state index in [4.69, 9.17) is 11.6 Å². The Morgan fingerprint density at radius 3 is 2.34 bits per heavy atom. The summed E-state index contributed by atoms with van der Waals surface area (Å²) in [7, 11) is 0. The van der Waals surface area contributed by atoms with Crippen molar-refractivity contribution in [1.29, 1.82) is 0 Å². The van der Waals surface area contributed by atoms with Gasteiger partial charge in [-0.2, -0.15) is 5.10 Å². The van der Waals surface area contributed by atoms with Crippen LogP contribution in [0.25, 0.3) is 10.9 Å². The topological polar surface area (TPSA) is 64.0 Å². The molecule has 5 rings (SSSR count). The molecule has 29 heavy (non-hydrogen) atoms. The number of hydroxylamine groups is 2. The van der Waals surface area contributed by atoms with Gasteiger partial charge in [0.25, 0.3) is 0 Å². The Kier molecular flexibility index (Phi) is 4.39. The van der Waals surface area contributed by atoms with E-state index in [0.29, 0.717) is 16.6 Å². The van der Waals surface area contributed by atoms with E-state index in [1.807, 2.05) is 72.9 Å². The molecule has 1 aliphatic heterocycles. The Balaban J connectivity index is 1.69. The number of benzene rings is 3. The molecule has 0 saturated carbocycles. The van der Waals surface area contributed by atoms with Crippen molar-refractivity contribution in [3.63, 3.8) is 0 Å². The van der Waals surface area contributed by atoms with E-state index in [2.05, 4.69) is 15.2 Å². The fraction of sp³-hybridized carbons (Fsp3) is 0.0435. The monoisotopic (exact) mass is 400 g/mol. The number of rotatable bonds is 3. The number of aromatic nitrogens is 1. The van der Waals surface area contributed by atoms with Crippen molar-refractivity contribution in [3.8, 4) is 0 Å². The molecule has 142 valence electrons. The number of fused-ring (bicyclic) bond motifs is 1. The molecule has 0 spiro atoms. The van der Waals surface area contributed by atoms with Crippen LogP contribution in [-0.4, -0.2) is 26.8 Å². The number of H-pyrrole nitrogens is 1. The van der Waals surface area contributed by atoms with Crippen LogP contribution in [0.4, 0.5) is 0 Å². The van der Waals surface area contributed by atoms with Crippen molar-refractivity contribution in [3.05, 3.63) is 107 Å². The summed E-state index contributed by atoms with van der Waals surface area (Å²) in [5, 5.41) is 23.0. The maximum atomic E-state index is 11.3. The summed E-state index contributed by atoms with van der Waals surface area (Å²) in [6, 6.07) is 24.5. The minimum atomic E-state index is -0.517. The molecular formula is C23H17ClN4O. The molecule has 1 atom stereocenters. The van der Waals surface area contributed by atoms with Gasteiger partial charge in [0.2, 0.25) is 0 Å². The average molecular weight is 401 g/mol. The standard InChI is InChI=1S/C23H17ClN4O/c24-17-12-10-16(11-13-17)23-27-26-21(15-6-2-1-3-7-15)22(28(23)29)19-14-25-20-9-5-4-8-18(19)20/h1-14,22,25,29H. The minimum Gasteiger partial charge on any atom is -0.361 e. The smallest absolute Gasteiger partial charge is 0.182 e. The lowest BCUT2D eigenvalue weighted by atomic mass is 9.94. The van der Waals surface area contributed by atoms with Gasteiger partial charge in [-0.25, -0.2) is 5.06 Å². The quantitative estimate of drug-likeness (QED) is 0.482. The van der Waals surface area contributed by atoms with Crippen LogP contribution in [0.5, 0.6) is 0 Å². The number of nitrogens with zero attached hydrogens (tertiary/aromatic N) is 3. The second kappa shape index (κ2) is 7.20.